The Bertz CT molecular complexity index is 662. The number of hydrogen-bond acceptors (Lipinski definition) is 4. The Morgan fingerprint density at radius 3 is 2.60 bits per heavy atom. The zero-order valence-corrected chi connectivity index (χ0v) is 15.6. The smallest absolute Gasteiger partial charge is 0.321 e. The van der Waals surface area contributed by atoms with Crippen molar-refractivity contribution in [2.45, 2.75) is 43.8 Å². The molecule has 1 aromatic carbocycles. The molecule has 1 saturated carbocycles. The fraction of sp³-hybridized carbons (Fsp3) is 0.529. The highest BCUT2D eigenvalue weighted by molar-refractivity contribution is 7.78. The van der Waals surface area contributed by atoms with Crippen LogP contribution in [0.15, 0.2) is 18.2 Å². The predicted molar refractivity (Wildman–Crippen MR) is 96.0 cm³/mol. The molecule has 0 spiro atoms. The maximum atomic E-state index is 12.6. The highest BCUT2D eigenvalue weighted by Gasteiger charge is 2.28. The Morgan fingerprint density at radius 1 is 1.36 bits per heavy atom. The molecule has 1 aliphatic rings. The highest BCUT2D eigenvalue weighted by atomic mass is 35.5. The molecule has 2 atom stereocenters. The molecule has 2 unspecified atom stereocenters. The molecule has 2 N–H and O–H groups in total. The third kappa shape index (κ3) is 5.80. The van der Waals surface area contributed by atoms with E-state index in [4.69, 9.17) is 11.6 Å². The molecule has 3 amide bonds. The van der Waals surface area contributed by atoms with Crippen LogP contribution in [0, 0.1) is 5.92 Å². The maximum Gasteiger partial charge on any atom is 0.321 e. The van der Waals surface area contributed by atoms with Gasteiger partial charge in [0.15, 0.2) is 0 Å². The van der Waals surface area contributed by atoms with Crippen molar-refractivity contribution in [3.63, 3.8) is 0 Å². The second-order valence-corrected chi connectivity index (χ2v) is 7.61. The summed E-state index contributed by atoms with van der Waals surface area (Å²) in [4.78, 5) is 24.1. The minimum atomic E-state index is -2.23. The molecule has 0 heterocycles. The van der Waals surface area contributed by atoms with Crippen molar-refractivity contribution in [3.8, 4) is 0 Å². The van der Waals surface area contributed by atoms with Gasteiger partial charge in [0, 0.05) is 17.8 Å². The summed E-state index contributed by atoms with van der Waals surface area (Å²) >= 11 is 3.96. The first kappa shape index (κ1) is 19.9. The molecule has 138 valence electrons. The van der Waals surface area contributed by atoms with E-state index in [9.17, 15) is 18.4 Å². The van der Waals surface area contributed by atoms with Gasteiger partial charge in [-0.2, -0.15) is 0 Å². The molecule has 0 bridgehead atoms. The van der Waals surface area contributed by atoms with Crippen molar-refractivity contribution in [1.29, 1.82) is 0 Å². The number of amides is 3. The second-order valence-electron chi connectivity index (χ2n) is 6.31. The average Bonchev–Trinajstić information content (AvgIpc) is 3.07. The number of urea groups is 1. The van der Waals surface area contributed by atoms with E-state index >= 15 is 0 Å². The highest BCUT2D eigenvalue weighted by Crippen LogP contribution is 2.35. The number of carbonyl (C=O) groups excluding carboxylic acids is 2. The van der Waals surface area contributed by atoms with Crippen molar-refractivity contribution in [1.82, 2.24) is 10.6 Å². The number of imide groups is 1. The molecular formula is C17H22ClN2O4S-. The van der Waals surface area contributed by atoms with Crippen LogP contribution >= 0.6 is 11.6 Å². The van der Waals surface area contributed by atoms with Gasteiger partial charge in [0.2, 0.25) is 5.91 Å². The number of carbonyl (C=O) groups is 2. The van der Waals surface area contributed by atoms with Crippen LogP contribution in [0.1, 0.15) is 49.1 Å². The summed E-state index contributed by atoms with van der Waals surface area (Å²) in [5.41, 5.74) is 1.18. The van der Waals surface area contributed by atoms with Crippen molar-refractivity contribution in [2.24, 2.45) is 5.92 Å². The van der Waals surface area contributed by atoms with Gasteiger partial charge in [0.25, 0.3) is 0 Å². The monoisotopic (exact) mass is 385 g/mol. The third-order valence-electron chi connectivity index (χ3n) is 4.58. The summed E-state index contributed by atoms with van der Waals surface area (Å²) in [6.07, 6.45) is 5.11. The van der Waals surface area contributed by atoms with Crippen LogP contribution in [-0.4, -0.2) is 27.7 Å². The van der Waals surface area contributed by atoms with Crippen molar-refractivity contribution < 1.29 is 18.4 Å². The minimum absolute atomic E-state index is 0.170. The van der Waals surface area contributed by atoms with E-state index < -0.39 is 23.0 Å². The Kier molecular flexibility index (Phi) is 7.40. The van der Waals surface area contributed by atoms with E-state index in [2.05, 4.69) is 10.6 Å². The van der Waals surface area contributed by atoms with Crippen molar-refractivity contribution in [2.75, 3.05) is 7.05 Å². The van der Waals surface area contributed by atoms with E-state index in [1.165, 1.54) is 7.05 Å². The molecule has 8 heteroatoms. The first-order valence-corrected chi connectivity index (χ1v) is 9.89. The lowest BCUT2D eigenvalue weighted by molar-refractivity contribution is -0.121. The maximum absolute atomic E-state index is 12.6. The molecule has 1 aliphatic carbocycles. The molecule has 0 aromatic heterocycles. The van der Waals surface area contributed by atoms with Gasteiger partial charge in [-0.05, 0) is 29.5 Å². The van der Waals surface area contributed by atoms with E-state index in [1.807, 2.05) is 0 Å². The molecule has 0 saturated heterocycles. The molecular weight excluding hydrogens is 364 g/mol. The van der Waals surface area contributed by atoms with Gasteiger partial charge in [-0.1, -0.05) is 60.5 Å². The lowest BCUT2D eigenvalue weighted by Gasteiger charge is -2.21. The molecule has 2 rings (SSSR count). The summed E-state index contributed by atoms with van der Waals surface area (Å²) in [5.74, 6) is -0.600. The lowest BCUT2D eigenvalue weighted by Crippen LogP contribution is -2.40. The van der Waals surface area contributed by atoms with E-state index in [0.717, 1.165) is 25.7 Å². The first-order chi connectivity index (χ1) is 11.9. The molecule has 1 aromatic rings. The Morgan fingerprint density at radius 2 is 2.04 bits per heavy atom. The first-order valence-electron chi connectivity index (χ1n) is 8.27. The van der Waals surface area contributed by atoms with Crippen LogP contribution in [0.4, 0.5) is 4.79 Å². The van der Waals surface area contributed by atoms with E-state index in [-0.39, 0.29) is 11.7 Å². The van der Waals surface area contributed by atoms with Gasteiger partial charge in [-0.15, -0.1) is 0 Å². The van der Waals surface area contributed by atoms with Gasteiger partial charge in [-0.25, -0.2) is 4.79 Å². The fourth-order valence-electron chi connectivity index (χ4n) is 3.26. The Labute approximate surface area is 155 Å². The molecule has 0 aliphatic heterocycles. The SMILES string of the molecule is CNC(=O)NC(=O)C(CC1CCCC1)c1ccc(CS(=O)[O-])c(Cl)c1. The minimum Gasteiger partial charge on any atom is -0.772 e. The van der Waals surface area contributed by atoms with Crippen LogP contribution in [0.5, 0.6) is 0 Å². The number of benzene rings is 1. The molecule has 1 fully saturated rings. The zero-order valence-electron chi connectivity index (χ0n) is 14.0. The number of rotatable bonds is 6. The summed E-state index contributed by atoms with van der Waals surface area (Å²) in [5, 5.41) is 5.02. The zero-order chi connectivity index (χ0) is 18.4. The van der Waals surface area contributed by atoms with Gasteiger partial charge in [-0.3, -0.25) is 14.3 Å². The molecule has 0 radical (unpaired) electrons. The summed E-state index contributed by atoms with van der Waals surface area (Å²) in [6, 6.07) is 4.43. The van der Waals surface area contributed by atoms with Crippen LogP contribution in [0.3, 0.4) is 0 Å². The largest absolute Gasteiger partial charge is 0.772 e. The van der Waals surface area contributed by atoms with Gasteiger partial charge in [0.05, 0.1) is 5.92 Å². The summed E-state index contributed by atoms with van der Waals surface area (Å²) in [6.45, 7) is 0. The molecule has 6 nitrogen and oxygen atoms in total. The standard InChI is InChI=1S/C17H23ClN2O4S/c1-19-17(22)20-16(21)14(8-11-4-2-3-5-11)12-6-7-13(10-25(23)24)15(18)9-12/h6-7,9,11,14H,2-5,8,10H2,1H3,(H,23,24)(H2,19,20,21,22)/p-1. The van der Waals surface area contributed by atoms with Crippen LogP contribution < -0.4 is 10.6 Å². The predicted octanol–water partition coefficient (Wildman–Crippen LogP) is 2.84. The Balaban J connectivity index is 2.23. The third-order valence-corrected chi connectivity index (χ3v) is 5.48. The normalized spacial score (nSPS) is 17.1. The van der Waals surface area contributed by atoms with Crippen LogP contribution in [0.2, 0.25) is 5.02 Å². The van der Waals surface area contributed by atoms with Crippen molar-refractivity contribution >= 4 is 34.6 Å². The van der Waals surface area contributed by atoms with Gasteiger partial charge in [0.1, 0.15) is 0 Å². The van der Waals surface area contributed by atoms with Crippen molar-refractivity contribution in [3.05, 3.63) is 34.3 Å². The summed E-state index contributed by atoms with van der Waals surface area (Å²) < 4.78 is 21.7. The number of hydrogen-bond donors (Lipinski definition) is 2. The van der Waals surface area contributed by atoms with E-state index in [0.29, 0.717) is 28.5 Å². The van der Waals surface area contributed by atoms with E-state index in [1.54, 1.807) is 18.2 Å². The van der Waals surface area contributed by atoms with Gasteiger partial charge >= 0.3 is 6.03 Å². The quantitative estimate of drug-likeness (QED) is 0.735. The number of nitrogens with one attached hydrogen (secondary N) is 2. The van der Waals surface area contributed by atoms with Gasteiger partial charge < -0.3 is 9.87 Å². The van der Waals surface area contributed by atoms with Crippen LogP contribution in [0.25, 0.3) is 0 Å². The van der Waals surface area contributed by atoms with Crippen LogP contribution in [-0.2, 0) is 21.6 Å². The molecule has 25 heavy (non-hydrogen) atoms. The Hall–Kier alpha value is -1.44. The number of halogens is 1. The second kappa shape index (κ2) is 9.31. The average molecular weight is 386 g/mol. The summed E-state index contributed by atoms with van der Waals surface area (Å²) in [7, 11) is 1.45. The lowest BCUT2D eigenvalue weighted by atomic mass is 9.87. The fourth-order valence-corrected chi connectivity index (χ4v) is 4.10. The topological polar surface area (TPSA) is 98.3 Å².